The van der Waals surface area contributed by atoms with Gasteiger partial charge in [-0.15, -0.1) is 5.10 Å². The van der Waals surface area contributed by atoms with Crippen LogP contribution in [-0.4, -0.2) is 28.9 Å². The molecule has 0 spiro atoms. The normalized spacial score (nSPS) is 17.9. The van der Waals surface area contributed by atoms with Crippen molar-refractivity contribution in [3.63, 3.8) is 0 Å². The van der Waals surface area contributed by atoms with E-state index in [2.05, 4.69) is 35.4 Å². The van der Waals surface area contributed by atoms with Gasteiger partial charge in [0.2, 0.25) is 5.96 Å². The van der Waals surface area contributed by atoms with Crippen molar-refractivity contribution < 1.29 is 26.3 Å². The molecule has 1 aromatic carbocycles. The van der Waals surface area contributed by atoms with Crippen LogP contribution >= 0.6 is 0 Å². The van der Waals surface area contributed by atoms with E-state index in [0.29, 0.717) is 24.0 Å². The summed E-state index contributed by atoms with van der Waals surface area (Å²) in [6, 6.07) is 3.61. The Morgan fingerprint density at radius 2 is 1.48 bits per heavy atom. The van der Waals surface area contributed by atoms with Gasteiger partial charge in [-0.3, -0.25) is 0 Å². The van der Waals surface area contributed by atoms with Crippen LogP contribution in [-0.2, 0) is 37.3 Å². The lowest BCUT2D eigenvalue weighted by Gasteiger charge is -2.31. The van der Waals surface area contributed by atoms with Crippen LogP contribution in [0.3, 0.4) is 0 Å². The average Bonchev–Trinajstić information content (AvgIpc) is 3.89. The maximum Gasteiger partial charge on any atom is 0.416 e. The van der Waals surface area contributed by atoms with Crippen molar-refractivity contribution in [1.82, 2.24) is 15.4 Å². The molecule has 44 heavy (non-hydrogen) atoms. The number of hydrazine groups is 1. The lowest BCUT2D eigenvalue weighted by atomic mass is 9.90. The molecule has 244 valence electrons. The standard InChI is InChI=1S/C29H37F6N7.C2H6/c1-27(2)8-7-20-11-21(25(38-24(20)27)41(13-17-3-4-17)14-18-5-6-18)16-42(26(36)39-40-37)15-19-9-22(28(30,31)32)12-23(10-19)29(33,34)35;1-2/h9-12,17-18,40H,3-8,13-16,37H2,1-2H3,(H2,36,39);1-2H3. The predicted molar refractivity (Wildman–Crippen MR) is 159 cm³/mol. The Bertz CT molecular complexity index is 1280. The van der Waals surface area contributed by atoms with Gasteiger partial charge in [0.25, 0.3) is 0 Å². The van der Waals surface area contributed by atoms with E-state index in [1.54, 1.807) is 0 Å². The Morgan fingerprint density at radius 1 is 0.932 bits per heavy atom. The summed E-state index contributed by atoms with van der Waals surface area (Å²) in [6.07, 6.45) is -3.57. The molecule has 0 saturated heterocycles. The average molecular weight is 628 g/mol. The Balaban J connectivity index is 0.00000216. The minimum atomic E-state index is -4.96. The van der Waals surface area contributed by atoms with Crippen LogP contribution in [0, 0.1) is 11.8 Å². The number of halogens is 6. The fraction of sp³-hybridized carbons (Fsp3) is 0.613. The SMILES string of the molecule is CC.CC1(C)CCc2cc(CN(Cc3cc(C(F)(F)F)cc(C(F)(F)F)c3)/C(N)=N/NN)c(N(CC3CC3)CC3CC3)nc21. The number of nitrogens with zero attached hydrogens (tertiary/aromatic N) is 4. The highest BCUT2D eigenvalue weighted by Crippen LogP contribution is 2.42. The van der Waals surface area contributed by atoms with Crippen LogP contribution in [0.2, 0.25) is 0 Å². The van der Waals surface area contributed by atoms with Gasteiger partial charge in [-0.2, -0.15) is 26.3 Å². The Hall–Kier alpha value is -3.22. The number of alkyl halides is 6. The van der Waals surface area contributed by atoms with E-state index in [9.17, 15) is 26.3 Å². The maximum absolute atomic E-state index is 13.6. The summed E-state index contributed by atoms with van der Waals surface area (Å²) in [6.45, 7) is 9.74. The number of hydrogen-bond acceptors (Lipinski definition) is 5. The third-order valence-corrected chi connectivity index (χ3v) is 8.35. The van der Waals surface area contributed by atoms with Gasteiger partial charge in [-0.1, -0.05) is 27.7 Å². The maximum atomic E-state index is 13.6. The molecule has 0 amide bonds. The number of guanidine groups is 1. The van der Waals surface area contributed by atoms with Crippen molar-refractivity contribution in [2.24, 2.45) is 28.5 Å². The number of hydrazone groups is 1. The molecule has 3 aliphatic rings. The second-order valence-electron chi connectivity index (χ2n) is 12.5. The van der Waals surface area contributed by atoms with E-state index < -0.39 is 23.5 Å². The summed E-state index contributed by atoms with van der Waals surface area (Å²) >= 11 is 0. The number of anilines is 1. The number of rotatable bonds is 10. The largest absolute Gasteiger partial charge is 0.416 e. The van der Waals surface area contributed by atoms with Crippen LogP contribution in [0.5, 0.6) is 0 Å². The highest BCUT2D eigenvalue weighted by molar-refractivity contribution is 5.78. The van der Waals surface area contributed by atoms with E-state index in [-0.39, 0.29) is 36.1 Å². The van der Waals surface area contributed by atoms with Gasteiger partial charge >= 0.3 is 12.4 Å². The Labute approximate surface area is 255 Å². The fourth-order valence-electron chi connectivity index (χ4n) is 5.69. The molecule has 0 unspecified atom stereocenters. The van der Waals surface area contributed by atoms with Gasteiger partial charge in [-0.05, 0) is 85.8 Å². The molecule has 7 nitrogen and oxygen atoms in total. The molecule has 0 bridgehead atoms. The number of fused-ring (bicyclic) bond motifs is 1. The smallest absolute Gasteiger partial charge is 0.368 e. The van der Waals surface area contributed by atoms with Gasteiger partial charge < -0.3 is 15.5 Å². The molecule has 3 aliphatic carbocycles. The Kier molecular flexibility index (Phi) is 9.96. The molecule has 1 heterocycles. The summed E-state index contributed by atoms with van der Waals surface area (Å²) in [7, 11) is 0. The molecule has 2 saturated carbocycles. The highest BCUT2D eigenvalue weighted by Gasteiger charge is 2.38. The second-order valence-corrected chi connectivity index (χ2v) is 12.5. The summed E-state index contributed by atoms with van der Waals surface area (Å²) < 4.78 is 81.5. The van der Waals surface area contributed by atoms with Crippen molar-refractivity contribution in [3.8, 4) is 0 Å². The zero-order valence-corrected chi connectivity index (χ0v) is 25.7. The molecule has 0 atom stereocenters. The number of hydrogen-bond donors (Lipinski definition) is 3. The first kappa shape index (κ1) is 33.7. The number of aromatic nitrogens is 1. The number of benzene rings is 1. The summed E-state index contributed by atoms with van der Waals surface area (Å²) in [5.41, 5.74) is 8.09. The summed E-state index contributed by atoms with van der Waals surface area (Å²) in [5, 5.41) is 3.82. The van der Waals surface area contributed by atoms with Crippen molar-refractivity contribution >= 4 is 11.8 Å². The molecule has 5 N–H and O–H groups in total. The van der Waals surface area contributed by atoms with Gasteiger partial charge in [0, 0.05) is 37.2 Å². The van der Waals surface area contributed by atoms with E-state index in [1.807, 2.05) is 13.8 Å². The van der Waals surface area contributed by atoms with Crippen LogP contribution in [0.15, 0.2) is 29.4 Å². The van der Waals surface area contributed by atoms with E-state index in [0.717, 1.165) is 74.3 Å². The van der Waals surface area contributed by atoms with E-state index >= 15 is 0 Å². The van der Waals surface area contributed by atoms with Gasteiger partial charge in [0.15, 0.2) is 0 Å². The number of pyridine rings is 1. The van der Waals surface area contributed by atoms with Crippen molar-refractivity contribution in [3.05, 3.63) is 57.8 Å². The number of nitrogens with two attached hydrogens (primary N) is 2. The lowest BCUT2D eigenvalue weighted by molar-refractivity contribution is -0.143. The molecular formula is C31H43F6N7. The topological polar surface area (TPSA) is 95.8 Å². The second kappa shape index (κ2) is 13.0. The van der Waals surface area contributed by atoms with Gasteiger partial charge in [-0.25, -0.2) is 16.4 Å². The van der Waals surface area contributed by atoms with Crippen molar-refractivity contribution in [1.29, 1.82) is 0 Å². The van der Waals surface area contributed by atoms with Crippen LogP contribution < -0.4 is 22.0 Å². The zero-order valence-electron chi connectivity index (χ0n) is 25.7. The van der Waals surface area contributed by atoms with Gasteiger partial charge in [0.1, 0.15) is 5.82 Å². The summed E-state index contributed by atoms with van der Waals surface area (Å²) in [4.78, 5) is 8.95. The molecule has 0 radical (unpaired) electrons. The van der Waals surface area contributed by atoms with E-state index in [4.69, 9.17) is 16.6 Å². The van der Waals surface area contributed by atoms with Crippen LogP contribution in [0.4, 0.5) is 32.2 Å². The van der Waals surface area contributed by atoms with Crippen molar-refractivity contribution in [2.45, 2.75) is 97.1 Å². The molecule has 2 fully saturated rings. The number of aryl methyl sites for hydroxylation is 1. The molecular weight excluding hydrogens is 584 g/mol. The summed E-state index contributed by atoms with van der Waals surface area (Å²) in [5.74, 6) is 7.13. The van der Waals surface area contributed by atoms with Crippen LogP contribution in [0.1, 0.15) is 93.3 Å². The minimum Gasteiger partial charge on any atom is -0.368 e. The minimum absolute atomic E-state index is 0.0660. The third kappa shape index (κ3) is 8.28. The molecule has 13 heteroatoms. The first-order valence-corrected chi connectivity index (χ1v) is 15.2. The van der Waals surface area contributed by atoms with Crippen molar-refractivity contribution in [2.75, 3.05) is 18.0 Å². The van der Waals surface area contributed by atoms with E-state index in [1.165, 1.54) is 4.90 Å². The van der Waals surface area contributed by atoms with Gasteiger partial charge in [0.05, 0.1) is 16.8 Å². The quantitative estimate of drug-likeness (QED) is 0.0894. The number of nitrogens with one attached hydrogen (secondary N) is 1. The first-order chi connectivity index (χ1) is 20.6. The zero-order chi connectivity index (χ0) is 32.4. The predicted octanol–water partition coefficient (Wildman–Crippen LogP) is 6.69. The monoisotopic (exact) mass is 627 g/mol. The lowest BCUT2D eigenvalue weighted by Crippen LogP contribution is -2.40. The first-order valence-electron chi connectivity index (χ1n) is 15.2. The molecule has 0 aliphatic heterocycles. The molecule has 1 aromatic heterocycles. The molecule has 2 aromatic rings. The highest BCUT2D eigenvalue weighted by atomic mass is 19.4. The Morgan fingerprint density at radius 3 is 1.95 bits per heavy atom. The van der Waals surface area contributed by atoms with Crippen LogP contribution in [0.25, 0.3) is 0 Å². The fourth-order valence-corrected chi connectivity index (χ4v) is 5.69. The third-order valence-electron chi connectivity index (χ3n) is 8.35. The molecule has 5 rings (SSSR count).